The van der Waals surface area contributed by atoms with Crippen LogP contribution in [0.15, 0.2) is 26.8 Å². The van der Waals surface area contributed by atoms with Crippen LogP contribution in [0, 0.1) is 6.92 Å². The Bertz CT molecular complexity index is 961. The zero-order valence-corrected chi connectivity index (χ0v) is 15.6. The maximum atomic E-state index is 12.4. The lowest BCUT2D eigenvalue weighted by Gasteiger charge is -2.11. The summed E-state index contributed by atoms with van der Waals surface area (Å²) in [4.78, 5) is 52.1. The molecule has 0 saturated carbocycles. The van der Waals surface area contributed by atoms with Crippen molar-refractivity contribution >= 4 is 57.3 Å². The Hall–Kier alpha value is -2.92. The summed E-state index contributed by atoms with van der Waals surface area (Å²) >= 11 is 1.79. The summed E-state index contributed by atoms with van der Waals surface area (Å²) in [6, 6.07) is 3.41. The maximum Gasteiger partial charge on any atom is 0.309 e. The maximum absolute atomic E-state index is 12.4. The summed E-state index contributed by atoms with van der Waals surface area (Å²) < 4.78 is 5.35. The normalized spacial score (nSPS) is 15.6. The minimum Gasteiger partial charge on any atom is -0.481 e. The van der Waals surface area contributed by atoms with Crippen molar-refractivity contribution in [1.29, 1.82) is 0 Å². The van der Waals surface area contributed by atoms with Gasteiger partial charge in [0.2, 0.25) is 5.91 Å². The van der Waals surface area contributed by atoms with Gasteiger partial charge in [-0.3, -0.25) is 24.1 Å². The number of nitrogens with one attached hydrogen (secondary N) is 1. The Kier molecular flexibility index (Phi) is 5.42. The van der Waals surface area contributed by atoms with E-state index in [-0.39, 0.29) is 16.5 Å². The highest BCUT2D eigenvalue weighted by Crippen LogP contribution is 2.32. The van der Waals surface area contributed by atoms with E-state index < -0.39 is 29.6 Å². The molecule has 2 N–H and O–H groups in total. The van der Waals surface area contributed by atoms with E-state index in [1.54, 1.807) is 19.1 Å². The Labute approximate surface area is 161 Å². The summed E-state index contributed by atoms with van der Waals surface area (Å²) in [5.41, 5.74) is 0.311. The molecule has 3 amide bonds. The first kappa shape index (κ1) is 18.9. The van der Waals surface area contributed by atoms with Crippen LogP contribution < -0.4 is 5.32 Å². The van der Waals surface area contributed by atoms with Crippen molar-refractivity contribution in [3.8, 4) is 0 Å². The highest BCUT2D eigenvalue weighted by Gasteiger charge is 2.36. The van der Waals surface area contributed by atoms with Crippen LogP contribution in [-0.4, -0.2) is 44.6 Å². The number of aliphatic carboxylic acids is 1. The van der Waals surface area contributed by atoms with Gasteiger partial charge in [-0.1, -0.05) is 0 Å². The fraction of sp³-hybridized carbons (Fsp3) is 0.188. The predicted octanol–water partition coefficient (Wildman–Crippen LogP) is 2.35. The van der Waals surface area contributed by atoms with Crippen LogP contribution in [0.25, 0.3) is 6.08 Å². The molecule has 0 atom stereocenters. The number of amides is 3. The zero-order valence-electron chi connectivity index (χ0n) is 13.9. The average molecular weight is 407 g/mol. The largest absolute Gasteiger partial charge is 0.481 e. The summed E-state index contributed by atoms with van der Waals surface area (Å²) in [5, 5.41) is 12.3. The molecule has 0 aromatic carbocycles. The van der Waals surface area contributed by atoms with E-state index in [1.165, 1.54) is 11.5 Å². The molecular formula is C16H13N3O6S2. The molecule has 0 spiro atoms. The van der Waals surface area contributed by atoms with E-state index in [0.29, 0.717) is 17.2 Å². The number of carbonyl (C=O) groups is 4. The number of aromatic nitrogens is 1. The molecule has 1 saturated heterocycles. The van der Waals surface area contributed by atoms with Gasteiger partial charge in [0.15, 0.2) is 5.13 Å². The van der Waals surface area contributed by atoms with Gasteiger partial charge in [0, 0.05) is 11.5 Å². The van der Waals surface area contributed by atoms with Crippen LogP contribution >= 0.6 is 23.1 Å². The van der Waals surface area contributed by atoms with Crippen molar-refractivity contribution in [3.63, 3.8) is 0 Å². The van der Waals surface area contributed by atoms with Gasteiger partial charge >= 0.3 is 5.97 Å². The van der Waals surface area contributed by atoms with Crippen LogP contribution in [0.5, 0.6) is 0 Å². The van der Waals surface area contributed by atoms with E-state index in [9.17, 15) is 19.2 Å². The lowest BCUT2D eigenvalue weighted by molar-refractivity contribution is -0.136. The number of carboxylic acids is 1. The SMILES string of the molecule is Cc1ccc(/C=C2\SC(=O)N(CC(=O)Nc3nc(CC(=O)O)cs3)C2=O)o1. The number of hydrogen-bond donors (Lipinski definition) is 2. The summed E-state index contributed by atoms with van der Waals surface area (Å²) in [6.45, 7) is 1.29. The smallest absolute Gasteiger partial charge is 0.309 e. The molecule has 140 valence electrons. The second kappa shape index (κ2) is 7.76. The van der Waals surface area contributed by atoms with E-state index >= 15 is 0 Å². The highest BCUT2D eigenvalue weighted by molar-refractivity contribution is 8.18. The van der Waals surface area contributed by atoms with Crippen molar-refractivity contribution in [2.45, 2.75) is 13.3 Å². The quantitative estimate of drug-likeness (QED) is 0.698. The lowest BCUT2D eigenvalue weighted by Crippen LogP contribution is -2.36. The van der Waals surface area contributed by atoms with Crippen molar-refractivity contribution in [2.75, 3.05) is 11.9 Å². The van der Waals surface area contributed by atoms with Crippen molar-refractivity contribution < 1.29 is 28.7 Å². The van der Waals surface area contributed by atoms with Crippen LogP contribution in [0.3, 0.4) is 0 Å². The Morgan fingerprint density at radius 1 is 1.37 bits per heavy atom. The first-order valence-corrected chi connectivity index (χ1v) is 9.29. The van der Waals surface area contributed by atoms with Crippen LogP contribution in [-0.2, 0) is 20.8 Å². The minimum absolute atomic E-state index is 0.167. The summed E-state index contributed by atoms with van der Waals surface area (Å²) in [5.74, 6) is -1.11. The Morgan fingerprint density at radius 2 is 2.15 bits per heavy atom. The molecule has 2 aromatic rings. The van der Waals surface area contributed by atoms with E-state index in [2.05, 4.69) is 10.3 Å². The molecular weight excluding hydrogens is 394 g/mol. The minimum atomic E-state index is -1.03. The Morgan fingerprint density at radius 3 is 2.81 bits per heavy atom. The molecule has 1 aliphatic heterocycles. The highest BCUT2D eigenvalue weighted by atomic mass is 32.2. The number of thioether (sulfide) groups is 1. The lowest BCUT2D eigenvalue weighted by atomic mass is 10.3. The number of carbonyl (C=O) groups excluding carboxylic acids is 3. The average Bonchev–Trinajstić information content (AvgIpc) is 3.25. The second-order valence-corrected chi connectivity index (χ2v) is 7.33. The molecule has 0 radical (unpaired) electrons. The van der Waals surface area contributed by atoms with E-state index in [4.69, 9.17) is 9.52 Å². The standard InChI is InChI=1S/C16H13N3O6S2/c1-8-2-3-10(25-8)5-11-14(23)19(16(24)27-11)6-12(20)18-15-17-9(7-26-15)4-13(21)22/h2-3,5,7H,4,6H2,1H3,(H,21,22)(H,17,18,20)/b11-5-. The third-order valence-electron chi connectivity index (χ3n) is 3.34. The first-order chi connectivity index (χ1) is 12.8. The van der Waals surface area contributed by atoms with E-state index in [1.807, 2.05) is 0 Å². The number of thiazole rings is 1. The third kappa shape index (κ3) is 4.63. The summed E-state index contributed by atoms with van der Waals surface area (Å²) in [7, 11) is 0. The number of nitrogens with zero attached hydrogens (tertiary/aromatic N) is 2. The van der Waals surface area contributed by atoms with Crippen LogP contribution in [0.4, 0.5) is 9.93 Å². The van der Waals surface area contributed by atoms with Crippen molar-refractivity contribution in [3.05, 3.63) is 39.6 Å². The third-order valence-corrected chi connectivity index (χ3v) is 5.05. The van der Waals surface area contributed by atoms with Gasteiger partial charge < -0.3 is 14.8 Å². The topological polar surface area (TPSA) is 130 Å². The van der Waals surface area contributed by atoms with Crippen LogP contribution in [0.1, 0.15) is 17.2 Å². The van der Waals surface area contributed by atoms with Gasteiger partial charge in [-0.25, -0.2) is 4.98 Å². The van der Waals surface area contributed by atoms with Gasteiger partial charge in [0.25, 0.3) is 11.1 Å². The predicted molar refractivity (Wildman–Crippen MR) is 98.2 cm³/mol. The van der Waals surface area contributed by atoms with Gasteiger partial charge in [0.1, 0.15) is 18.1 Å². The fourth-order valence-corrected chi connectivity index (χ4v) is 3.74. The van der Waals surface area contributed by atoms with E-state index in [0.717, 1.165) is 28.0 Å². The molecule has 2 aromatic heterocycles. The summed E-state index contributed by atoms with van der Waals surface area (Å²) in [6.07, 6.45) is 1.20. The van der Waals surface area contributed by atoms with Gasteiger partial charge in [0.05, 0.1) is 17.0 Å². The van der Waals surface area contributed by atoms with Crippen molar-refractivity contribution in [1.82, 2.24) is 9.88 Å². The number of hydrogen-bond acceptors (Lipinski definition) is 8. The molecule has 9 nitrogen and oxygen atoms in total. The fourth-order valence-electron chi connectivity index (χ4n) is 2.20. The van der Waals surface area contributed by atoms with Gasteiger partial charge in [-0.15, -0.1) is 11.3 Å². The van der Waals surface area contributed by atoms with Gasteiger partial charge in [-0.05, 0) is 30.8 Å². The number of anilines is 1. The monoisotopic (exact) mass is 407 g/mol. The second-order valence-electron chi connectivity index (χ2n) is 5.48. The molecule has 27 heavy (non-hydrogen) atoms. The van der Waals surface area contributed by atoms with Crippen LogP contribution in [0.2, 0.25) is 0 Å². The molecule has 1 aliphatic rings. The Balaban J connectivity index is 1.63. The van der Waals surface area contributed by atoms with Gasteiger partial charge in [-0.2, -0.15) is 0 Å². The molecule has 0 bridgehead atoms. The molecule has 11 heteroatoms. The number of furan rings is 1. The number of carboxylic acid groups (broad SMARTS) is 1. The number of rotatable bonds is 6. The molecule has 3 rings (SSSR count). The molecule has 3 heterocycles. The number of aryl methyl sites for hydroxylation is 1. The molecule has 1 fully saturated rings. The first-order valence-electron chi connectivity index (χ1n) is 7.59. The molecule has 0 aliphatic carbocycles. The number of imide groups is 1. The zero-order chi connectivity index (χ0) is 19.6. The molecule has 0 unspecified atom stereocenters. The van der Waals surface area contributed by atoms with Crippen molar-refractivity contribution in [2.24, 2.45) is 0 Å².